The molecule has 2 heterocycles. The number of fused-ring (bicyclic) bond motifs is 1. The monoisotopic (exact) mass is 371 g/mol. The van der Waals surface area contributed by atoms with Gasteiger partial charge in [-0.15, -0.1) is 0 Å². The van der Waals surface area contributed by atoms with E-state index in [0.717, 1.165) is 0 Å². The number of nitrogens with one attached hydrogen (secondary N) is 4. The van der Waals surface area contributed by atoms with Crippen molar-refractivity contribution in [3.63, 3.8) is 0 Å². The van der Waals surface area contributed by atoms with Gasteiger partial charge in [0.25, 0.3) is 10.0 Å². The van der Waals surface area contributed by atoms with E-state index in [9.17, 15) is 13.2 Å². The van der Waals surface area contributed by atoms with E-state index in [2.05, 4.69) is 40.6 Å². The number of imidazole rings is 2. The second-order valence-corrected chi connectivity index (χ2v) is 6.90. The van der Waals surface area contributed by atoms with Gasteiger partial charge in [0.05, 0.1) is 22.9 Å². The number of hydrogen-bond acceptors (Lipinski definition) is 4. The first kappa shape index (κ1) is 13.9. The lowest BCUT2D eigenvalue weighted by Crippen LogP contribution is -2.13. The summed E-state index contributed by atoms with van der Waals surface area (Å²) in [6, 6.07) is 3.14. The number of rotatable bonds is 3. The number of benzene rings is 1. The summed E-state index contributed by atoms with van der Waals surface area (Å²) in [5.74, 6) is 0.500. The highest BCUT2D eigenvalue weighted by Crippen LogP contribution is 2.28. The Morgan fingerprint density at radius 2 is 1.86 bits per heavy atom. The van der Waals surface area contributed by atoms with E-state index in [1.54, 1.807) is 13.0 Å². The number of H-pyrrole nitrogens is 3. The van der Waals surface area contributed by atoms with Crippen LogP contribution in [0.1, 0.15) is 5.82 Å². The number of halogens is 1. The minimum atomic E-state index is -3.78. The smallest absolute Gasteiger partial charge is 0.323 e. The fourth-order valence-corrected chi connectivity index (χ4v) is 3.48. The van der Waals surface area contributed by atoms with Crippen molar-refractivity contribution in [2.45, 2.75) is 11.9 Å². The average Bonchev–Trinajstić information content (AvgIpc) is 2.95. The van der Waals surface area contributed by atoms with Crippen molar-refractivity contribution in [1.29, 1.82) is 0 Å². The van der Waals surface area contributed by atoms with Crippen LogP contribution in [0.4, 0.5) is 5.69 Å². The number of anilines is 1. The van der Waals surface area contributed by atoms with Crippen molar-refractivity contribution < 1.29 is 8.42 Å². The van der Waals surface area contributed by atoms with Gasteiger partial charge >= 0.3 is 5.69 Å². The highest BCUT2D eigenvalue weighted by atomic mass is 79.9. The van der Waals surface area contributed by atoms with Gasteiger partial charge in [-0.2, -0.15) is 8.42 Å². The Labute approximate surface area is 127 Å². The molecule has 0 radical (unpaired) electrons. The largest absolute Gasteiger partial charge is 0.332 e. The molecule has 10 heteroatoms. The van der Waals surface area contributed by atoms with Gasteiger partial charge in [0.15, 0.2) is 5.03 Å². The molecule has 8 nitrogen and oxygen atoms in total. The van der Waals surface area contributed by atoms with Crippen molar-refractivity contribution in [2.24, 2.45) is 0 Å². The average molecular weight is 372 g/mol. The molecule has 1 aromatic carbocycles. The van der Waals surface area contributed by atoms with Crippen molar-refractivity contribution in [1.82, 2.24) is 19.9 Å². The van der Waals surface area contributed by atoms with Gasteiger partial charge < -0.3 is 15.0 Å². The number of hydrogen-bond donors (Lipinski definition) is 4. The molecule has 0 bridgehead atoms. The molecule has 0 fully saturated rings. The molecule has 0 aliphatic heterocycles. The Bertz CT molecular complexity index is 985. The third-order valence-corrected chi connectivity index (χ3v) is 4.75. The summed E-state index contributed by atoms with van der Waals surface area (Å²) in [5, 5.41) is -0.0328. The van der Waals surface area contributed by atoms with Crippen LogP contribution in [0, 0.1) is 6.92 Å². The maximum atomic E-state index is 12.2. The van der Waals surface area contributed by atoms with E-state index in [1.807, 2.05) is 0 Å². The van der Waals surface area contributed by atoms with Crippen LogP contribution in [-0.4, -0.2) is 28.4 Å². The molecular formula is C11H10BrN5O3S. The first-order valence-electron chi connectivity index (χ1n) is 5.81. The van der Waals surface area contributed by atoms with Crippen LogP contribution in [0.25, 0.3) is 11.0 Å². The number of aryl methyl sites for hydroxylation is 1. The van der Waals surface area contributed by atoms with Crippen molar-refractivity contribution >= 4 is 42.7 Å². The van der Waals surface area contributed by atoms with E-state index in [1.165, 1.54) is 12.3 Å². The van der Waals surface area contributed by atoms with Gasteiger partial charge in [0.1, 0.15) is 5.82 Å². The van der Waals surface area contributed by atoms with Gasteiger partial charge in [-0.1, -0.05) is 0 Å². The van der Waals surface area contributed by atoms with Gasteiger partial charge in [-0.25, -0.2) is 9.78 Å². The van der Waals surface area contributed by atoms with E-state index in [0.29, 0.717) is 27.0 Å². The molecule has 0 amide bonds. The van der Waals surface area contributed by atoms with Gasteiger partial charge in [0, 0.05) is 4.47 Å². The Kier molecular flexibility index (Phi) is 3.14. The third-order valence-electron chi connectivity index (χ3n) is 2.82. The standard InChI is InChI=1S/C11H10BrN5O3S/c1-5-13-4-10(14-5)21(19,20)17-7-3-9-8(2-6(7)12)15-11(18)16-9/h2-4,17H,1H3,(H,13,14)(H2,15,16,18). The zero-order valence-corrected chi connectivity index (χ0v) is 13.1. The number of aromatic amines is 3. The molecule has 0 aliphatic carbocycles. The fraction of sp³-hybridized carbons (Fsp3) is 0.0909. The van der Waals surface area contributed by atoms with Crippen molar-refractivity contribution in [2.75, 3.05) is 4.72 Å². The SMILES string of the molecule is Cc1ncc(S(=O)(=O)Nc2cc3[nH]c(=O)[nH]c3cc2Br)[nH]1. The van der Waals surface area contributed by atoms with Crippen molar-refractivity contribution in [3.8, 4) is 0 Å². The highest BCUT2D eigenvalue weighted by Gasteiger charge is 2.18. The normalized spacial score (nSPS) is 11.9. The molecule has 2 aromatic heterocycles. The van der Waals surface area contributed by atoms with Crippen LogP contribution in [0.15, 0.2) is 32.6 Å². The summed E-state index contributed by atoms with van der Waals surface area (Å²) in [6.07, 6.45) is 1.24. The predicted molar refractivity (Wildman–Crippen MR) is 80.8 cm³/mol. The van der Waals surface area contributed by atoms with Crippen LogP contribution in [0.5, 0.6) is 0 Å². The van der Waals surface area contributed by atoms with Gasteiger partial charge in [-0.3, -0.25) is 4.72 Å². The van der Waals surface area contributed by atoms with E-state index in [-0.39, 0.29) is 10.7 Å². The molecule has 3 aromatic rings. The lowest BCUT2D eigenvalue weighted by molar-refractivity contribution is 0.598. The van der Waals surface area contributed by atoms with Crippen LogP contribution in [0.2, 0.25) is 0 Å². The zero-order chi connectivity index (χ0) is 15.2. The molecule has 4 N–H and O–H groups in total. The molecule has 0 atom stereocenters. The van der Waals surface area contributed by atoms with E-state index < -0.39 is 10.0 Å². The lowest BCUT2D eigenvalue weighted by Gasteiger charge is -2.08. The molecular weight excluding hydrogens is 362 g/mol. The minimum Gasteiger partial charge on any atom is -0.332 e. The third kappa shape index (κ3) is 2.59. The van der Waals surface area contributed by atoms with Gasteiger partial charge in [-0.05, 0) is 35.0 Å². The number of aromatic nitrogens is 4. The molecule has 21 heavy (non-hydrogen) atoms. The summed E-state index contributed by atoms with van der Waals surface area (Å²) in [7, 11) is -3.78. The van der Waals surface area contributed by atoms with E-state index in [4.69, 9.17) is 0 Å². The molecule has 110 valence electrons. The Morgan fingerprint density at radius 3 is 2.48 bits per heavy atom. The summed E-state index contributed by atoms with van der Waals surface area (Å²) in [5.41, 5.74) is 1.03. The fourth-order valence-electron chi connectivity index (χ4n) is 1.87. The molecule has 0 saturated heterocycles. The number of nitrogens with zero attached hydrogens (tertiary/aromatic N) is 1. The topological polar surface area (TPSA) is 123 Å². The summed E-state index contributed by atoms with van der Waals surface area (Å²) in [6.45, 7) is 1.66. The van der Waals surface area contributed by atoms with E-state index >= 15 is 0 Å². The molecule has 3 rings (SSSR count). The first-order valence-corrected chi connectivity index (χ1v) is 8.09. The summed E-state index contributed by atoms with van der Waals surface area (Å²) in [4.78, 5) is 22.9. The Balaban J connectivity index is 2.04. The van der Waals surface area contributed by atoms with Crippen LogP contribution in [-0.2, 0) is 10.0 Å². The molecule has 0 unspecified atom stereocenters. The highest BCUT2D eigenvalue weighted by molar-refractivity contribution is 9.10. The lowest BCUT2D eigenvalue weighted by atomic mass is 10.3. The van der Waals surface area contributed by atoms with Crippen LogP contribution < -0.4 is 10.4 Å². The first-order chi connectivity index (χ1) is 9.85. The molecule has 0 spiro atoms. The minimum absolute atomic E-state index is 0.0328. The maximum Gasteiger partial charge on any atom is 0.323 e. The van der Waals surface area contributed by atoms with Gasteiger partial charge in [0.2, 0.25) is 0 Å². The quantitative estimate of drug-likeness (QED) is 0.556. The summed E-state index contributed by atoms with van der Waals surface area (Å²) >= 11 is 3.27. The van der Waals surface area contributed by atoms with Crippen molar-refractivity contribution in [3.05, 3.63) is 39.1 Å². The summed E-state index contributed by atoms with van der Waals surface area (Å²) < 4.78 is 27.4. The predicted octanol–water partition coefficient (Wildman–Crippen LogP) is 1.45. The maximum absolute atomic E-state index is 12.2. The van der Waals surface area contributed by atoms with Crippen LogP contribution in [0.3, 0.4) is 0 Å². The number of sulfonamides is 1. The van der Waals surface area contributed by atoms with Crippen LogP contribution >= 0.6 is 15.9 Å². The molecule has 0 aliphatic rings. The molecule has 0 saturated carbocycles. The second-order valence-electron chi connectivity index (χ2n) is 4.40. The zero-order valence-electron chi connectivity index (χ0n) is 10.7. The second kappa shape index (κ2) is 4.74. The Morgan fingerprint density at radius 1 is 1.19 bits per heavy atom. The Hall–Kier alpha value is -2.07.